The lowest BCUT2D eigenvalue weighted by Gasteiger charge is -2.25. The highest BCUT2D eigenvalue weighted by Gasteiger charge is 2.10. The third kappa shape index (κ3) is 3.82. The SMILES string of the molecule is NCc1ccc(N(CCO)Cc2ccccc2)c(Br)c1. The Morgan fingerprint density at radius 2 is 1.80 bits per heavy atom. The van der Waals surface area contributed by atoms with Gasteiger partial charge in [-0.2, -0.15) is 0 Å². The number of halogens is 1. The zero-order valence-electron chi connectivity index (χ0n) is 11.3. The van der Waals surface area contributed by atoms with Crippen molar-refractivity contribution in [3.63, 3.8) is 0 Å². The summed E-state index contributed by atoms with van der Waals surface area (Å²) >= 11 is 3.59. The largest absolute Gasteiger partial charge is 0.395 e. The number of aliphatic hydroxyl groups excluding tert-OH is 1. The number of nitrogens with two attached hydrogens (primary N) is 1. The van der Waals surface area contributed by atoms with Crippen molar-refractivity contribution in [3.8, 4) is 0 Å². The van der Waals surface area contributed by atoms with Crippen molar-refractivity contribution in [2.24, 2.45) is 5.73 Å². The van der Waals surface area contributed by atoms with Crippen LogP contribution < -0.4 is 10.6 Å². The van der Waals surface area contributed by atoms with Gasteiger partial charge in [0.15, 0.2) is 0 Å². The molecule has 0 aliphatic carbocycles. The molecular formula is C16H19BrN2O. The van der Waals surface area contributed by atoms with Crippen LogP contribution in [0.25, 0.3) is 0 Å². The molecule has 3 N–H and O–H groups in total. The minimum Gasteiger partial charge on any atom is -0.395 e. The van der Waals surface area contributed by atoms with Crippen LogP contribution in [0.4, 0.5) is 5.69 Å². The molecule has 0 heterocycles. The van der Waals surface area contributed by atoms with Crippen LogP contribution in [0.15, 0.2) is 53.0 Å². The quantitative estimate of drug-likeness (QED) is 0.853. The molecule has 0 bridgehead atoms. The molecule has 106 valence electrons. The van der Waals surface area contributed by atoms with Gasteiger partial charge < -0.3 is 15.7 Å². The Morgan fingerprint density at radius 3 is 2.40 bits per heavy atom. The lowest BCUT2D eigenvalue weighted by atomic mass is 10.1. The van der Waals surface area contributed by atoms with Gasteiger partial charge in [-0.05, 0) is 39.2 Å². The van der Waals surface area contributed by atoms with E-state index in [4.69, 9.17) is 5.73 Å². The second-order valence-corrected chi connectivity index (χ2v) is 5.47. The molecule has 0 aliphatic heterocycles. The second-order valence-electron chi connectivity index (χ2n) is 4.62. The van der Waals surface area contributed by atoms with Crippen molar-refractivity contribution >= 4 is 21.6 Å². The van der Waals surface area contributed by atoms with Gasteiger partial charge in [-0.1, -0.05) is 36.4 Å². The first kappa shape index (κ1) is 15.0. The summed E-state index contributed by atoms with van der Waals surface area (Å²) in [7, 11) is 0. The lowest BCUT2D eigenvalue weighted by molar-refractivity contribution is 0.301. The fourth-order valence-corrected chi connectivity index (χ4v) is 2.82. The zero-order chi connectivity index (χ0) is 14.4. The van der Waals surface area contributed by atoms with Gasteiger partial charge in [0.2, 0.25) is 0 Å². The summed E-state index contributed by atoms with van der Waals surface area (Å²) in [5, 5.41) is 9.29. The molecule has 0 saturated carbocycles. The average molecular weight is 335 g/mol. The third-order valence-corrected chi connectivity index (χ3v) is 3.81. The predicted octanol–water partition coefficient (Wildman–Crippen LogP) is 2.91. The molecule has 4 heteroatoms. The Hall–Kier alpha value is -1.36. The highest BCUT2D eigenvalue weighted by Crippen LogP contribution is 2.28. The van der Waals surface area contributed by atoms with Crippen LogP contribution in [-0.2, 0) is 13.1 Å². The Balaban J connectivity index is 2.24. The van der Waals surface area contributed by atoms with Crippen molar-refractivity contribution in [2.75, 3.05) is 18.1 Å². The van der Waals surface area contributed by atoms with Crippen molar-refractivity contribution in [3.05, 3.63) is 64.1 Å². The molecule has 0 aliphatic rings. The van der Waals surface area contributed by atoms with E-state index >= 15 is 0 Å². The summed E-state index contributed by atoms with van der Waals surface area (Å²) in [5.74, 6) is 0. The molecular weight excluding hydrogens is 316 g/mol. The first-order valence-corrected chi connectivity index (χ1v) is 7.42. The van der Waals surface area contributed by atoms with Crippen molar-refractivity contribution < 1.29 is 5.11 Å². The molecule has 2 aromatic rings. The van der Waals surface area contributed by atoms with Crippen molar-refractivity contribution in [2.45, 2.75) is 13.1 Å². The van der Waals surface area contributed by atoms with Crippen LogP contribution in [0, 0.1) is 0 Å². The Kier molecular flexibility index (Phi) is 5.59. The fourth-order valence-electron chi connectivity index (χ4n) is 2.14. The van der Waals surface area contributed by atoms with Crippen LogP contribution in [0.3, 0.4) is 0 Å². The maximum atomic E-state index is 9.29. The molecule has 3 nitrogen and oxygen atoms in total. The molecule has 20 heavy (non-hydrogen) atoms. The van der Waals surface area contributed by atoms with Crippen LogP contribution >= 0.6 is 15.9 Å². The smallest absolute Gasteiger partial charge is 0.0606 e. The molecule has 0 unspecified atom stereocenters. The number of aliphatic hydroxyl groups is 1. The van der Waals surface area contributed by atoms with Gasteiger partial charge in [0.25, 0.3) is 0 Å². The number of anilines is 1. The Labute approximate surface area is 128 Å². The summed E-state index contributed by atoms with van der Waals surface area (Å²) in [5.41, 5.74) is 9.03. The summed E-state index contributed by atoms with van der Waals surface area (Å²) < 4.78 is 1.00. The second kappa shape index (κ2) is 7.43. The molecule has 0 fully saturated rings. The van der Waals surface area contributed by atoms with Crippen molar-refractivity contribution in [1.29, 1.82) is 0 Å². The van der Waals surface area contributed by atoms with Gasteiger partial charge in [-0.25, -0.2) is 0 Å². The summed E-state index contributed by atoms with van der Waals surface area (Å²) in [4.78, 5) is 2.15. The van der Waals surface area contributed by atoms with E-state index in [1.54, 1.807) is 0 Å². The molecule has 0 saturated heterocycles. The maximum absolute atomic E-state index is 9.29. The van der Waals surface area contributed by atoms with E-state index < -0.39 is 0 Å². The Bertz CT molecular complexity index is 545. The third-order valence-electron chi connectivity index (χ3n) is 3.17. The van der Waals surface area contributed by atoms with Crippen LogP contribution in [0.1, 0.15) is 11.1 Å². The molecule has 2 rings (SSSR count). The van der Waals surface area contributed by atoms with Gasteiger partial charge in [-0.15, -0.1) is 0 Å². The van der Waals surface area contributed by atoms with Crippen LogP contribution in [0.2, 0.25) is 0 Å². The molecule has 0 radical (unpaired) electrons. The normalized spacial score (nSPS) is 10.6. The first-order chi connectivity index (χ1) is 9.74. The van der Waals surface area contributed by atoms with Gasteiger partial charge in [0, 0.05) is 24.1 Å². The van der Waals surface area contributed by atoms with Crippen LogP contribution in [0.5, 0.6) is 0 Å². The van der Waals surface area contributed by atoms with E-state index in [2.05, 4.69) is 33.0 Å². The average Bonchev–Trinajstić information content (AvgIpc) is 2.48. The lowest BCUT2D eigenvalue weighted by Crippen LogP contribution is -2.26. The van der Waals surface area contributed by atoms with E-state index in [9.17, 15) is 5.11 Å². The molecule has 0 atom stereocenters. The van der Waals surface area contributed by atoms with Crippen molar-refractivity contribution in [1.82, 2.24) is 0 Å². The van der Waals surface area contributed by atoms with E-state index in [0.717, 1.165) is 22.3 Å². The molecule has 0 spiro atoms. The molecule has 2 aromatic carbocycles. The summed E-state index contributed by atoms with van der Waals surface area (Å²) in [6, 6.07) is 16.3. The number of hydrogen-bond acceptors (Lipinski definition) is 3. The number of nitrogens with zero attached hydrogens (tertiary/aromatic N) is 1. The minimum atomic E-state index is 0.123. The van der Waals surface area contributed by atoms with E-state index in [-0.39, 0.29) is 6.61 Å². The van der Waals surface area contributed by atoms with Gasteiger partial charge in [0.05, 0.1) is 12.3 Å². The van der Waals surface area contributed by atoms with Gasteiger partial charge >= 0.3 is 0 Å². The number of hydrogen-bond donors (Lipinski definition) is 2. The summed E-state index contributed by atoms with van der Waals surface area (Å²) in [6.07, 6.45) is 0. The summed E-state index contributed by atoms with van der Waals surface area (Å²) in [6.45, 7) is 2.01. The van der Waals surface area contributed by atoms with E-state index in [0.29, 0.717) is 13.1 Å². The maximum Gasteiger partial charge on any atom is 0.0606 e. The monoisotopic (exact) mass is 334 g/mol. The van der Waals surface area contributed by atoms with Gasteiger partial charge in [0.1, 0.15) is 0 Å². The molecule has 0 amide bonds. The number of rotatable bonds is 6. The highest BCUT2D eigenvalue weighted by molar-refractivity contribution is 9.10. The Morgan fingerprint density at radius 1 is 1.05 bits per heavy atom. The zero-order valence-corrected chi connectivity index (χ0v) is 12.9. The minimum absolute atomic E-state index is 0.123. The van der Waals surface area contributed by atoms with E-state index in [1.807, 2.05) is 36.4 Å². The van der Waals surface area contributed by atoms with Crippen LogP contribution in [-0.4, -0.2) is 18.3 Å². The first-order valence-electron chi connectivity index (χ1n) is 6.63. The van der Waals surface area contributed by atoms with Gasteiger partial charge in [-0.3, -0.25) is 0 Å². The highest BCUT2D eigenvalue weighted by atomic mass is 79.9. The van der Waals surface area contributed by atoms with E-state index in [1.165, 1.54) is 5.56 Å². The number of benzene rings is 2. The fraction of sp³-hybridized carbons (Fsp3) is 0.250. The topological polar surface area (TPSA) is 49.5 Å². The standard InChI is InChI=1S/C16H19BrN2O/c17-15-10-14(11-18)6-7-16(15)19(8-9-20)12-13-4-2-1-3-5-13/h1-7,10,20H,8-9,11-12,18H2. The molecule has 0 aromatic heterocycles. The predicted molar refractivity (Wildman–Crippen MR) is 86.6 cm³/mol.